The molecule has 0 atom stereocenters. The number of anilines is 1. The Labute approximate surface area is 168 Å². The fourth-order valence-electron chi connectivity index (χ4n) is 3.48. The monoisotopic (exact) mass is 413 g/mol. The summed E-state index contributed by atoms with van der Waals surface area (Å²) in [6.45, 7) is 3.48. The van der Waals surface area contributed by atoms with Crippen LogP contribution in [0.25, 0.3) is 0 Å². The number of nitrogens with one attached hydrogen (secondary N) is 1. The molecule has 1 N–H and O–H groups in total. The number of benzene rings is 1. The average molecular weight is 413 g/mol. The molecule has 9 heteroatoms. The molecule has 2 amide bonds. The van der Waals surface area contributed by atoms with Gasteiger partial charge in [-0.3, -0.25) is 14.5 Å². The van der Waals surface area contributed by atoms with Gasteiger partial charge in [0.1, 0.15) is 0 Å². The first-order chi connectivity index (χ1) is 13.8. The van der Waals surface area contributed by atoms with Gasteiger partial charge in [-0.2, -0.15) is 13.2 Å². The lowest BCUT2D eigenvalue weighted by Crippen LogP contribution is -2.49. The second kappa shape index (κ2) is 9.13. The number of ether oxygens (including phenoxy) is 1. The fraction of sp³-hybridized carbons (Fsp3) is 0.600. The summed E-state index contributed by atoms with van der Waals surface area (Å²) in [7, 11) is 1.62. The van der Waals surface area contributed by atoms with Crippen LogP contribution in [0.15, 0.2) is 18.2 Å². The Bertz CT molecular complexity index is 742. The molecule has 160 valence electrons. The minimum atomic E-state index is -4.61. The first kappa shape index (κ1) is 21.6. The van der Waals surface area contributed by atoms with Gasteiger partial charge in [0.15, 0.2) is 0 Å². The van der Waals surface area contributed by atoms with E-state index in [0.717, 1.165) is 37.9 Å². The van der Waals surface area contributed by atoms with E-state index in [0.29, 0.717) is 32.8 Å². The van der Waals surface area contributed by atoms with E-state index in [1.165, 1.54) is 6.07 Å². The summed E-state index contributed by atoms with van der Waals surface area (Å²) in [5, 5.41) is 2.55. The molecule has 29 heavy (non-hydrogen) atoms. The maximum absolute atomic E-state index is 13.3. The van der Waals surface area contributed by atoms with Crippen molar-refractivity contribution in [2.75, 3.05) is 51.8 Å². The number of hydrogen-bond donors (Lipinski definition) is 1. The van der Waals surface area contributed by atoms with Gasteiger partial charge in [-0.25, -0.2) is 0 Å². The number of hydrogen-bond acceptors (Lipinski definition) is 4. The molecule has 6 nitrogen and oxygen atoms in total. The second-order valence-corrected chi connectivity index (χ2v) is 7.54. The Morgan fingerprint density at radius 2 is 1.83 bits per heavy atom. The van der Waals surface area contributed by atoms with Crippen molar-refractivity contribution in [2.45, 2.75) is 25.4 Å². The quantitative estimate of drug-likeness (QED) is 0.779. The molecule has 1 aliphatic carbocycles. The number of methoxy groups -OCH3 is 1. The molecular formula is C20H26F3N3O3. The van der Waals surface area contributed by atoms with Crippen LogP contribution in [0.4, 0.5) is 18.9 Å². The van der Waals surface area contributed by atoms with Crippen molar-refractivity contribution in [3.05, 3.63) is 29.3 Å². The Hall–Kier alpha value is -2.13. The Kier molecular flexibility index (Phi) is 6.79. The Morgan fingerprint density at radius 1 is 1.14 bits per heavy atom. The van der Waals surface area contributed by atoms with Gasteiger partial charge >= 0.3 is 6.18 Å². The normalized spacial score (nSPS) is 18.4. The van der Waals surface area contributed by atoms with Crippen molar-refractivity contribution in [3.63, 3.8) is 0 Å². The van der Waals surface area contributed by atoms with Gasteiger partial charge < -0.3 is 15.0 Å². The summed E-state index contributed by atoms with van der Waals surface area (Å²) < 4.78 is 45.1. The van der Waals surface area contributed by atoms with Crippen LogP contribution in [0.2, 0.25) is 0 Å². The van der Waals surface area contributed by atoms with Gasteiger partial charge in [-0.1, -0.05) is 6.42 Å². The lowest BCUT2D eigenvalue weighted by molar-refractivity contribution is -0.137. The summed E-state index contributed by atoms with van der Waals surface area (Å²) in [5.41, 5.74) is -0.987. The smallest absolute Gasteiger partial charge is 0.383 e. The standard InChI is InChI=1S/C20H26F3N3O3/c1-29-10-9-25-5-7-26(8-6-25)19(28)15-11-16(20(21,22)23)13-17(12-15)24-18(27)14-3-2-4-14/h11-14H,2-10H2,1H3,(H,24,27). The minimum Gasteiger partial charge on any atom is -0.383 e. The molecule has 1 aromatic carbocycles. The molecule has 0 bridgehead atoms. The fourth-order valence-corrected chi connectivity index (χ4v) is 3.48. The van der Waals surface area contributed by atoms with Crippen molar-refractivity contribution in [1.29, 1.82) is 0 Å². The number of piperazine rings is 1. The maximum Gasteiger partial charge on any atom is 0.416 e. The summed E-state index contributed by atoms with van der Waals surface area (Å²) in [6.07, 6.45) is -2.18. The predicted molar refractivity (Wildman–Crippen MR) is 102 cm³/mol. The van der Waals surface area contributed by atoms with Crippen LogP contribution < -0.4 is 5.32 Å². The SMILES string of the molecule is COCCN1CCN(C(=O)c2cc(NC(=O)C3CCC3)cc(C(F)(F)F)c2)CC1. The first-order valence-electron chi connectivity index (χ1n) is 9.81. The molecule has 0 spiro atoms. The third kappa shape index (κ3) is 5.48. The zero-order valence-electron chi connectivity index (χ0n) is 16.4. The van der Waals surface area contributed by atoms with E-state index in [1.54, 1.807) is 12.0 Å². The zero-order valence-corrected chi connectivity index (χ0v) is 16.4. The van der Waals surface area contributed by atoms with Gasteiger partial charge in [-0.15, -0.1) is 0 Å². The highest BCUT2D eigenvalue weighted by Gasteiger charge is 2.33. The molecule has 1 heterocycles. The van der Waals surface area contributed by atoms with Crippen LogP contribution >= 0.6 is 0 Å². The van der Waals surface area contributed by atoms with Crippen LogP contribution in [-0.2, 0) is 15.7 Å². The Morgan fingerprint density at radius 3 is 2.38 bits per heavy atom. The van der Waals surface area contributed by atoms with Gasteiger partial charge in [0.05, 0.1) is 12.2 Å². The number of amides is 2. The zero-order chi connectivity index (χ0) is 21.0. The third-order valence-corrected chi connectivity index (χ3v) is 5.52. The highest BCUT2D eigenvalue weighted by atomic mass is 19.4. The first-order valence-corrected chi connectivity index (χ1v) is 9.81. The summed E-state index contributed by atoms with van der Waals surface area (Å²) in [6, 6.07) is 3.08. The molecule has 2 fully saturated rings. The molecule has 3 rings (SSSR count). The van der Waals surface area contributed by atoms with Gasteiger partial charge in [0.2, 0.25) is 5.91 Å². The number of nitrogens with zero attached hydrogens (tertiary/aromatic N) is 2. The second-order valence-electron chi connectivity index (χ2n) is 7.54. The summed E-state index contributed by atoms with van der Waals surface area (Å²) in [5.74, 6) is -0.911. The van der Waals surface area contributed by atoms with Crippen molar-refractivity contribution in [1.82, 2.24) is 9.80 Å². The highest BCUT2D eigenvalue weighted by molar-refractivity contribution is 5.98. The van der Waals surface area contributed by atoms with Crippen LogP contribution in [0.1, 0.15) is 35.2 Å². The molecule has 2 aliphatic rings. The predicted octanol–water partition coefficient (Wildman–Crippen LogP) is 2.85. The molecule has 1 aliphatic heterocycles. The molecule has 0 unspecified atom stereocenters. The average Bonchev–Trinajstić information content (AvgIpc) is 2.63. The van der Waals surface area contributed by atoms with E-state index in [2.05, 4.69) is 10.2 Å². The third-order valence-electron chi connectivity index (χ3n) is 5.52. The van der Waals surface area contributed by atoms with Gasteiger partial charge in [0, 0.05) is 57.0 Å². The number of carbonyl (C=O) groups is 2. The number of halogens is 3. The number of carbonyl (C=O) groups excluding carboxylic acids is 2. The van der Waals surface area contributed by atoms with Crippen molar-refractivity contribution >= 4 is 17.5 Å². The summed E-state index contributed by atoms with van der Waals surface area (Å²) in [4.78, 5) is 28.7. The van der Waals surface area contributed by atoms with Crippen LogP contribution in [0.5, 0.6) is 0 Å². The van der Waals surface area contributed by atoms with Crippen molar-refractivity contribution in [2.24, 2.45) is 5.92 Å². The maximum atomic E-state index is 13.3. The largest absolute Gasteiger partial charge is 0.416 e. The molecule has 0 radical (unpaired) electrons. The summed E-state index contributed by atoms with van der Waals surface area (Å²) >= 11 is 0. The molecular weight excluding hydrogens is 387 g/mol. The van der Waals surface area contributed by atoms with Crippen LogP contribution in [0.3, 0.4) is 0 Å². The van der Waals surface area contributed by atoms with Crippen molar-refractivity contribution < 1.29 is 27.5 Å². The van der Waals surface area contributed by atoms with E-state index >= 15 is 0 Å². The van der Waals surface area contributed by atoms with E-state index < -0.39 is 17.6 Å². The molecule has 1 saturated heterocycles. The van der Waals surface area contributed by atoms with Crippen molar-refractivity contribution in [3.8, 4) is 0 Å². The number of rotatable bonds is 6. The molecule has 0 aromatic heterocycles. The highest BCUT2D eigenvalue weighted by Crippen LogP contribution is 2.33. The van der Waals surface area contributed by atoms with E-state index in [-0.39, 0.29) is 23.1 Å². The van der Waals surface area contributed by atoms with Gasteiger partial charge in [0.25, 0.3) is 5.91 Å². The molecule has 1 aromatic rings. The van der Waals surface area contributed by atoms with E-state index in [4.69, 9.17) is 4.74 Å². The number of alkyl halides is 3. The molecule has 1 saturated carbocycles. The van der Waals surface area contributed by atoms with E-state index in [1.807, 2.05) is 0 Å². The topological polar surface area (TPSA) is 61.9 Å². The van der Waals surface area contributed by atoms with Gasteiger partial charge in [-0.05, 0) is 31.0 Å². The van der Waals surface area contributed by atoms with Crippen LogP contribution in [-0.4, -0.2) is 68.1 Å². The minimum absolute atomic E-state index is 0.0128. The lowest BCUT2D eigenvalue weighted by atomic mass is 9.85. The lowest BCUT2D eigenvalue weighted by Gasteiger charge is -2.34. The Balaban J connectivity index is 1.74. The van der Waals surface area contributed by atoms with E-state index in [9.17, 15) is 22.8 Å². The van der Waals surface area contributed by atoms with Crippen LogP contribution in [0, 0.1) is 5.92 Å².